The molecule has 1 rings (SSSR count). The molecule has 0 aliphatic heterocycles. The summed E-state index contributed by atoms with van der Waals surface area (Å²) in [6, 6.07) is 0. The molecule has 0 unspecified atom stereocenters. The Balaban J connectivity index is 2.77. The van der Waals surface area contributed by atoms with Crippen LogP contribution in [0.4, 0.5) is 0 Å². The van der Waals surface area contributed by atoms with Crippen molar-refractivity contribution in [1.29, 1.82) is 0 Å². The maximum atomic E-state index is 4.05. The van der Waals surface area contributed by atoms with Gasteiger partial charge < -0.3 is 0 Å². The van der Waals surface area contributed by atoms with Gasteiger partial charge in [-0.25, -0.2) is 0 Å². The van der Waals surface area contributed by atoms with Crippen molar-refractivity contribution in [3.8, 4) is 0 Å². The predicted molar refractivity (Wildman–Crippen MR) is 42.5 cm³/mol. The molecule has 2 heteroatoms. The van der Waals surface area contributed by atoms with Crippen LogP contribution in [0.15, 0.2) is 31.6 Å². The van der Waals surface area contributed by atoms with Gasteiger partial charge in [-0.15, -0.1) is 6.58 Å². The number of nitrogens with zero attached hydrogens (tertiary/aromatic N) is 2. The first-order valence-electron chi connectivity index (χ1n) is 3.12. The van der Waals surface area contributed by atoms with Gasteiger partial charge in [-0.3, -0.25) is 4.68 Å². The summed E-state index contributed by atoms with van der Waals surface area (Å²) in [4.78, 5) is 0. The van der Waals surface area contributed by atoms with Crippen LogP contribution in [-0.4, -0.2) is 9.78 Å². The zero-order chi connectivity index (χ0) is 7.40. The largest absolute Gasteiger partial charge is 0.268 e. The van der Waals surface area contributed by atoms with E-state index in [2.05, 4.69) is 18.3 Å². The van der Waals surface area contributed by atoms with Crippen molar-refractivity contribution in [3.63, 3.8) is 0 Å². The Morgan fingerprint density at radius 1 is 1.60 bits per heavy atom. The first kappa shape index (κ1) is 6.81. The molecular weight excluding hydrogens is 124 g/mol. The van der Waals surface area contributed by atoms with E-state index in [0.29, 0.717) is 0 Å². The summed E-state index contributed by atoms with van der Waals surface area (Å²) in [5.74, 6) is 0. The van der Waals surface area contributed by atoms with E-state index in [1.54, 1.807) is 18.3 Å². The molecule has 1 aromatic heterocycles. The summed E-state index contributed by atoms with van der Waals surface area (Å²) < 4.78 is 1.81. The van der Waals surface area contributed by atoms with Crippen molar-refractivity contribution in [2.24, 2.45) is 0 Å². The maximum Gasteiger partial charge on any atom is 0.0587 e. The van der Waals surface area contributed by atoms with Gasteiger partial charge in [-0.2, -0.15) is 5.10 Å². The Morgan fingerprint density at radius 2 is 2.40 bits per heavy atom. The normalized spacial score (nSPS) is 9.20. The van der Waals surface area contributed by atoms with E-state index >= 15 is 0 Å². The second kappa shape index (κ2) is 3.01. The van der Waals surface area contributed by atoms with Crippen molar-refractivity contribution in [2.45, 2.75) is 6.54 Å². The minimum atomic E-state index is 0.758. The van der Waals surface area contributed by atoms with Crippen LogP contribution in [0.5, 0.6) is 0 Å². The van der Waals surface area contributed by atoms with Gasteiger partial charge in [0.2, 0.25) is 0 Å². The number of hydrogen-bond donors (Lipinski definition) is 0. The minimum Gasteiger partial charge on any atom is -0.268 e. The Morgan fingerprint density at radius 3 is 2.90 bits per heavy atom. The second-order valence-electron chi connectivity index (χ2n) is 1.99. The van der Waals surface area contributed by atoms with E-state index in [1.165, 1.54) is 0 Å². The molecular formula is C8H10N2. The van der Waals surface area contributed by atoms with Crippen molar-refractivity contribution >= 4 is 6.08 Å². The molecule has 2 nitrogen and oxygen atoms in total. The first-order valence-corrected chi connectivity index (χ1v) is 3.12. The second-order valence-corrected chi connectivity index (χ2v) is 1.99. The van der Waals surface area contributed by atoms with E-state index in [0.717, 1.165) is 12.1 Å². The van der Waals surface area contributed by atoms with E-state index in [1.807, 2.05) is 10.9 Å². The van der Waals surface area contributed by atoms with Crippen LogP contribution in [0.2, 0.25) is 0 Å². The molecule has 0 aromatic carbocycles. The summed E-state index contributed by atoms with van der Waals surface area (Å²) in [6.45, 7) is 7.99. The summed E-state index contributed by atoms with van der Waals surface area (Å²) in [5.41, 5.74) is 1.04. The fraction of sp³-hybridized carbons (Fsp3) is 0.125. The lowest BCUT2D eigenvalue weighted by atomic mass is 10.4. The zero-order valence-electron chi connectivity index (χ0n) is 5.83. The molecule has 0 fully saturated rings. The topological polar surface area (TPSA) is 17.8 Å². The van der Waals surface area contributed by atoms with Gasteiger partial charge in [-0.1, -0.05) is 18.7 Å². The van der Waals surface area contributed by atoms with Crippen LogP contribution in [0, 0.1) is 0 Å². The number of rotatable bonds is 3. The summed E-state index contributed by atoms with van der Waals surface area (Å²) in [6.07, 6.45) is 7.28. The molecule has 0 saturated heterocycles. The molecule has 0 saturated carbocycles. The van der Waals surface area contributed by atoms with Crippen molar-refractivity contribution in [3.05, 3.63) is 37.2 Å². The highest BCUT2D eigenvalue weighted by Gasteiger charge is 1.89. The monoisotopic (exact) mass is 134 g/mol. The SMILES string of the molecule is C=CCn1cc(C=C)cn1. The van der Waals surface area contributed by atoms with Crippen LogP contribution in [-0.2, 0) is 6.54 Å². The molecule has 0 amide bonds. The predicted octanol–water partition coefficient (Wildman–Crippen LogP) is 1.71. The van der Waals surface area contributed by atoms with Crippen LogP contribution in [0.1, 0.15) is 5.56 Å². The van der Waals surface area contributed by atoms with Crippen LogP contribution < -0.4 is 0 Å². The molecule has 0 aliphatic carbocycles. The third-order valence-corrected chi connectivity index (χ3v) is 1.21. The quantitative estimate of drug-likeness (QED) is 0.575. The van der Waals surface area contributed by atoms with Crippen molar-refractivity contribution < 1.29 is 0 Å². The first-order chi connectivity index (χ1) is 4.86. The molecule has 0 bridgehead atoms. The number of aromatic nitrogens is 2. The fourth-order valence-corrected chi connectivity index (χ4v) is 0.717. The maximum absolute atomic E-state index is 4.05. The summed E-state index contributed by atoms with van der Waals surface area (Å²) in [5, 5.41) is 4.05. The highest BCUT2D eigenvalue weighted by atomic mass is 15.3. The molecule has 1 heterocycles. The average Bonchev–Trinajstić information content (AvgIpc) is 2.37. The minimum absolute atomic E-state index is 0.758. The van der Waals surface area contributed by atoms with E-state index < -0.39 is 0 Å². The van der Waals surface area contributed by atoms with Crippen LogP contribution >= 0.6 is 0 Å². The van der Waals surface area contributed by atoms with Gasteiger partial charge in [-0.05, 0) is 0 Å². The Hall–Kier alpha value is -1.31. The van der Waals surface area contributed by atoms with Crippen LogP contribution in [0.25, 0.3) is 6.08 Å². The molecule has 0 atom stereocenters. The smallest absolute Gasteiger partial charge is 0.0587 e. The van der Waals surface area contributed by atoms with Gasteiger partial charge in [0.1, 0.15) is 0 Å². The Kier molecular flexibility index (Phi) is 2.05. The average molecular weight is 134 g/mol. The van der Waals surface area contributed by atoms with E-state index in [9.17, 15) is 0 Å². The summed E-state index contributed by atoms with van der Waals surface area (Å²) in [7, 11) is 0. The molecule has 1 aromatic rings. The molecule has 0 radical (unpaired) electrons. The fourth-order valence-electron chi connectivity index (χ4n) is 0.717. The Labute approximate surface area is 60.5 Å². The summed E-state index contributed by atoms with van der Waals surface area (Å²) >= 11 is 0. The highest BCUT2D eigenvalue weighted by Crippen LogP contribution is 1.97. The standard InChI is InChI=1S/C8H10N2/c1-3-5-10-7-8(4-2)6-9-10/h3-4,6-7H,1-2,5H2. The van der Waals surface area contributed by atoms with Gasteiger partial charge in [0.25, 0.3) is 0 Å². The number of hydrogen-bond acceptors (Lipinski definition) is 1. The van der Waals surface area contributed by atoms with Crippen LogP contribution in [0.3, 0.4) is 0 Å². The van der Waals surface area contributed by atoms with E-state index in [4.69, 9.17) is 0 Å². The Bertz CT molecular complexity index is 235. The highest BCUT2D eigenvalue weighted by molar-refractivity contribution is 5.43. The van der Waals surface area contributed by atoms with Gasteiger partial charge >= 0.3 is 0 Å². The molecule has 52 valence electrons. The molecule has 0 N–H and O–H groups in total. The lowest BCUT2D eigenvalue weighted by Gasteiger charge is -1.90. The van der Waals surface area contributed by atoms with Gasteiger partial charge in [0.15, 0.2) is 0 Å². The third-order valence-electron chi connectivity index (χ3n) is 1.21. The zero-order valence-corrected chi connectivity index (χ0v) is 5.83. The lowest BCUT2D eigenvalue weighted by molar-refractivity contribution is 0.703. The number of allylic oxidation sites excluding steroid dienone is 1. The molecule has 10 heavy (non-hydrogen) atoms. The molecule has 0 aliphatic rings. The van der Waals surface area contributed by atoms with Crippen molar-refractivity contribution in [1.82, 2.24) is 9.78 Å². The van der Waals surface area contributed by atoms with E-state index in [-0.39, 0.29) is 0 Å². The van der Waals surface area contributed by atoms with Gasteiger partial charge in [0.05, 0.1) is 12.7 Å². The van der Waals surface area contributed by atoms with Gasteiger partial charge in [0, 0.05) is 11.8 Å². The lowest BCUT2D eigenvalue weighted by Crippen LogP contribution is -1.93. The van der Waals surface area contributed by atoms with Crippen molar-refractivity contribution in [2.75, 3.05) is 0 Å². The third kappa shape index (κ3) is 1.35. The molecule has 0 spiro atoms.